The van der Waals surface area contributed by atoms with E-state index in [0.29, 0.717) is 36.0 Å². The molecule has 1 atom stereocenters. The summed E-state index contributed by atoms with van der Waals surface area (Å²) in [6.45, 7) is 5.22. The molecular weight excluding hydrogens is 307 g/mol. The molecule has 0 radical (unpaired) electrons. The first kappa shape index (κ1) is 16.6. The molecule has 1 aliphatic rings. The van der Waals surface area contributed by atoms with E-state index in [1.54, 1.807) is 25.1 Å². The summed E-state index contributed by atoms with van der Waals surface area (Å²) in [4.78, 5) is 14.6. The minimum Gasteiger partial charge on any atom is -0.339 e. The van der Waals surface area contributed by atoms with Gasteiger partial charge in [0.15, 0.2) is 0 Å². The summed E-state index contributed by atoms with van der Waals surface area (Å²) in [6.07, 6.45) is 3.37. The number of benzene rings is 1. The minimum atomic E-state index is -0.361. The first-order valence-corrected chi connectivity index (χ1v) is 8.33. The second-order valence-corrected chi connectivity index (χ2v) is 6.50. The molecule has 0 saturated carbocycles. The predicted molar refractivity (Wildman–Crippen MR) is 90.5 cm³/mol. The van der Waals surface area contributed by atoms with E-state index in [-0.39, 0.29) is 17.8 Å². The summed E-state index contributed by atoms with van der Waals surface area (Å²) in [5.74, 6) is 0.0648. The average molecular weight is 330 g/mol. The molecule has 1 unspecified atom stereocenters. The van der Waals surface area contributed by atoms with Gasteiger partial charge in [0.2, 0.25) is 0 Å². The summed E-state index contributed by atoms with van der Waals surface area (Å²) in [5, 5.41) is 4.22. The molecule has 5 nitrogen and oxygen atoms in total. The number of hydrogen-bond donors (Lipinski definition) is 1. The molecule has 2 N–H and O–H groups in total. The summed E-state index contributed by atoms with van der Waals surface area (Å²) < 4.78 is 15.5. The third-order valence-electron chi connectivity index (χ3n) is 4.89. The van der Waals surface area contributed by atoms with Crippen LogP contribution in [0.1, 0.15) is 35.8 Å². The lowest BCUT2D eigenvalue weighted by Gasteiger charge is -2.33. The van der Waals surface area contributed by atoms with E-state index in [9.17, 15) is 9.18 Å². The van der Waals surface area contributed by atoms with Gasteiger partial charge in [-0.1, -0.05) is 12.1 Å². The van der Waals surface area contributed by atoms with E-state index < -0.39 is 0 Å². The summed E-state index contributed by atoms with van der Waals surface area (Å²) in [5.41, 5.74) is 7.48. The third-order valence-corrected chi connectivity index (χ3v) is 4.89. The van der Waals surface area contributed by atoms with Crippen molar-refractivity contribution in [3.05, 3.63) is 47.5 Å². The molecule has 0 aliphatic carbocycles. The van der Waals surface area contributed by atoms with Gasteiger partial charge in [-0.3, -0.25) is 4.79 Å². The van der Waals surface area contributed by atoms with Crippen molar-refractivity contribution >= 4 is 5.91 Å². The number of halogens is 1. The molecule has 1 aromatic heterocycles. The van der Waals surface area contributed by atoms with Crippen molar-refractivity contribution in [1.29, 1.82) is 0 Å². The molecule has 0 bridgehead atoms. The highest BCUT2D eigenvalue weighted by Crippen LogP contribution is 2.23. The number of piperidine rings is 1. The van der Waals surface area contributed by atoms with Crippen LogP contribution < -0.4 is 5.73 Å². The fourth-order valence-corrected chi connectivity index (χ4v) is 3.28. The van der Waals surface area contributed by atoms with Crippen LogP contribution in [-0.2, 0) is 0 Å². The Balaban J connectivity index is 1.79. The number of rotatable bonds is 3. The number of aromatic nitrogens is 2. The molecule has 1 saturated heterocycles. The van der Waals surface area contributed by atoms with Gasteiger partial charge in [-0.15, -0.1) is 0 Å². The van der Waals surface area contributed by atoms with E-state index in [4.69, 9.17) is 5.73 Å². The number of carbonyl (C=O) groups is 1. The van der Waals surface area contributed by atoms with E-state index in [1.165, 1.54) is 16.9 Å². The van der Waals surface area contributed by atoms with Crippen LogP contribution >= 0.6 is 0 Å². The maximum Gasteiger partial charge on any atom is 0.257 e. The van der Waals surface area contributed by atoms with Gasteiger partial charge in [-0.05, 0) is 44.7 Å². The Kier molecular flexibility index (Phi) is 4.66. The Morgan fingerprint density at radius 2 is 2.00 bits per heavy atom. The zero-order valence-corrected chi connectivity index (χ0v) is 14.1. The van der Waals surface area contributed by atoms with Gasteiger partial charge in [0.05, 0.1) is 17.5 Å². The number of nitrogens with two attached hydrogens (primary N) is 1. The zero-order valence-electron chi connectivity index (χ0n) is 14.1. The van der Waals surface area contributed by atoms with E-state index >= 15 is 0 Å². The smallest absolute Gasteiger partial charge is 0.257 e. The van der Waals surface area contributed by atoms with Crippen molar-refractivity contribution < 1.29 is 9.18 Å². The highest BCUT2D eigenvalue weighted by molar-refractivity contribution is 5.95. The Morgan fingerprint density at radius 1 is 1.33 bits per heavy atom. The second-order valence-electron chi connectivity index (χ2n) is 6.50. The molecule has 2 aromatic rings. The fraction of sp³-hybridized carbons (Fsp3) is 0.444. The fourth-order valence-electron chi connectivity index (χ4n) is 3.28. The molecule has 6 heteroatoms. The molecule has 128 valence electrons. The summed E-state index contributed by atoms with van der Waals surface area (Å²) in [6, 6.07) is 6.58. The Bertz CT molecular complexity index is 732. The van der Waals surface area contributed by atoms with Crippen LogP contribution in [0.4, 0.5) is 4.39 Å². The summed E-state index contributed by atoms with van der Waals surface area (Å²) >= 11 is 0. The van der Waals surface area contributed by atoms with Crippen LogP contribution in [0.3, 0.4) is 0 Å². The van der Waals surface area contributed by atoms with Gasteiger partial charge in [0, 0.05) is 19.1 Å². The lowest BCUT2D eigenvalue weighted by molar-refractivity contribution is 0.0680. The van der Waals surface area contributed by atoms with Crippen LogP contribution in [0.2, 0.25) is 0 Å². The van der Waals surface area contributed by atoms with Gasteiger partial charge in [0.1, 0.15) is 11.5 Å². The molecule has 3 rings (SSSR count). The van der Waals surface area contributed by atoms with E-state index in [1.807, 2.05) is 11.8 Å². The van der Waals surface area contributed by atoms with Gasteiger partial charge in [0.25, 0.3) is 5.91 Å². The number of likely N-dealkylation sites (tertiary alicyclic amines) is 1. The molecule has 1 aliphatic heterocycles. The topological polar surface area (TPSA) is 64.2 Å². The molecule has 24 heavy (non-hydrogen) atoms. The van der Waals surface area contributed by atoms with Crippen molar-refractivity contribution in [2.24, 2.45) is 11.7 Å². The number of nitrogens with zero attached hydrogens (tertiary/aromatic N) is 3. The monoisotopic (exact) mass is 330 g/mol. The van der Waals surface area contributed by atoms with Crippen LogP contribution in [0.15, 0.2) is 30.5 Å². The Morgan fingerprint density at radius 3 is 2.62 bits per heavy atom. The SMILES string of the molecule is Cc1c(C(=O)N2CCC(C(C)N)CC2)cnn1-c1ccccc1F. The molecule has 1 fully saturated rings. The van der Waals surface area contributed by atoms with Crippen LogP contribution in [0.5, 0.6) is 0 Å². The molecular formula is C18H23FN4O. The van der Waals surface area contributed by atoms with E-state index in [2.05, 4.69) is 5.10 Å². The van der Waals surface area contributed by atoms with Gasteiger partial charge >= 0.3 is 0 Å². The van der Waals surface area contributed by atoms with Crippen LogP contribution in [0.25, 0.3) is 5.69 Å². The highest BCUT2D eigenvalue weighted by Gasteiger charge is 2.27. The minimum absolute atomic E-state index is 0.0433. The zero-order chi connectivity index (χ0) is 17.3. The largest absolute Gasteiger partial charge is 0.339 e. The van der Waals surface area contributed by atoms with Crippen molar-refractivity contribution in [2.75, 3.05) is 13.1 Å². The molecule has 1 amide bonds. The van der Waals surface area contributed by atoms with Crippen molar-refractivity contribution in [1.82, 2.24) is 14.7 Å². The van der Waals surface area contributed by atoms with Gasteiger partial charge in [-0.2, -0.15) is 5.10 Å². The normalized spacial score (nSPS) is 17.1. The van der Waals surface area contributed by atoms with Crippen molar-refractivity contribution in [3.8, 4) is 5.69 Å². The summed E-state index contributed by atoms with van der Waals surface area (Å²) in [7, 11) is 0. The lowest BCUT2D eigenvalue weighted by atomic mass is 9.91. The molecule has 2 heterocycles. The first-order chi connectivity index (χ1) is 11.5. The standard InChI is InChI=1S/C18H23FN4O/c1-12(20)14-7-9-22(10-8-14)18(24)15-11-21-23(13(15)2)17-6-4-3-5-16(17)19/h3-6,11-12,14H,7-10,20H2,1-2H3. The number of para-hydroxylation sites is 1. The average Bonchev–Trinajstić information content (AvgIpc) is 2.96. The third kappa shape index (κ3) is 3.06. The Hall–Kier alpha value is -2.21. The molecule has 1 aromatic carbocycles. The number of amides is 1. The Labute approximate surface area is 141 Å². The van der Waals surface area contributed by atoms with Crippen molar-refractivity contribution in [3.63, 3.8) is 0 Å². The number of hydrogen-bond acceptors (Lipinski definition) is 3. The van der Waals surface area contributed by atoms with Crippen molar-refractivity contribution in [2.45, 2.75) is 32.7 Å². The highest BCUT2D eigenvalue weighted by atomic mass is 19.1. The quantitative estimate of drug-likeness (QED) is 0.940. The molecule has 0 spiro atoms. The predicted octanol–water partition coefficient (Wildman–Crippen LogP) is 2.52. The van der Waals surface area contributed by atoms with E-state index in [0.717, 1.165) is 12.8 Å². The maximum absolute atomic E-state index is 14.0. The van der Waals surface area contributed by atoms with Crippen LogP contribution in [0, 0.1) is 18.7 Å². The van der Waals surface area contributed by atoms with Crippen LogP contribution in [-0.4, -0.2) is 39.7 Å². The van der Waals surface area contributed by atoms with Gasteiger partial charge < -0.3 is 10.6 Å². The van der Waals surface area contributed by atoms with Gasteiger partial charge in [-0.25, -0.2) is 9.07 Å². The maximum atomic E-state index is 14.0. The lowest BCUT2D eigenvalue weighted by Crippen LogP contribution is -2.42. The number of carbonyl (C=O) groups excluding carboxylic acids is 1. The second kappa shape index (κ2) is 6.73. The first-order valence-electron chi connectivity index (χ1n) is 8.33.